The van der Waals surface area contributed by atoms with Crippen LogP contribution < -0.4 is 0 Å². The maximum Gasteiger partial charge on any atom is 0.251 e. The van der Waals surface area contributed by atoms with Gasteiger partial charge >= 0.3 is 0 Å². The highest BCUT2D eigenvalue weighted by Crippen LogP contribution is 2.34. The van der Waals surface area contributed by atoms with E-state index in [1.54, 1.807) is 0 Å². The molecule has 3 saturated heterocycles. The van der Waals surface area contributed by atoms with Crippen LogP contribution in [0.3, 0.4) is 0 Å². The third-order valence-electron chi connectivity index (χ3n) is 5.30. The summed E-state index contributed by atoms with van der Waals surface area (Å²) in [7, 11) is 0. The third kappa shape index (κ3) is 3.34. The van der Waals surface area contributed by atoms with Crippen molar-refractivity contribution in [3.05, 3.63) is 17.5 Å². The average Bonchev–Trinajstić information content (AvgIpc) is 3.20. The fourth-order valence-electron chi connectivity index (χ4n) is 4.01. The highest BCUT2D eigenvalue weighted by Gasteiger charge is 2.43. The molecule has 7 nitrogen and oxygen atoms in total. The molecule has 4 heterocycles. The second-order valence-corrected chi connectivity index (χ2v) is 7.05. The zero-order chi connectivity index (χ0) is 16.5. The van der Waals surface area contributed by atoms with Crippen molar-refractivity contribution in [2.24, 2.45) is 5.92 Å². The number of hydrogen-bond acceptors (Lipinski definition) is 6. The van der Waals surface area contributed by atoms with E-state index in [9.17, 15) is 4.79 Å². The molecular formula is C17H25N3O4. The number of rotatable bonds is 3. The number of carbonyl (C=O) groups is 1. The number of carbonyl (C=O) groups excluding carboxylic acids is 1. The molecule has 1 amide bonds. The first-order chi connectivity index (χ1) is 11.7. The molecule has 3 fully saturated rings. The predicted molar refractivity (Wildman–Crippen MR) is 85.3 cm³/mol. The van der Waals surface area contributed by atoms with E-state index < -0.39 is 0 Å². The maximum atomic E-state index is 12.6. The lowest BCUT2D eigenvalue weighted by molar-refractivity contribution is -0.147. The van der Waals surface area contributed by atoms with E-state index in [0.717, 1.165) is 43.9 Å². The van der Waals surface area contributed by atoms with E-state index in [1.807, 2.05) is 17.9 Å². The number of ether oxygens (including phenoxy) is 2. The molecule has 0 radical (unpaired) electrons. The number of nitrogens with zero attached hydrogens (tertiary/aromatic N) is 3. The van der Waals surface area contributed by atoms with E-state index in [4.69, 9.17) is 14.0 Å². The van der Waals surface area contributed by atoms with Gasteiger partial charge in [-0.1, -0.05) is 5.16 Å². The minimum atomic E-state index is -0.271. The Morgan fingerprint density at radius 1 is 1.33 bits per heavy atom. The van der Waals surface area contributed by atoms with Crippen LogP contribution >= 0.6 is 0 Å². The maximum absolute atomic E-state index is 12.6. The molecule has 24 heavy (non-hydrogen) atoms. The molecule has 0 unspecified atom stereocenters. The number of aryl methyl sites for hydroxylation is 1. The smallest absolute Gasteiger partial charge is 0.251 e. The summed E-state index contributed by atoms with van der Waals surface area (Å²) in [6.45, 7) is 7.22. The molecule has 1 aromatic heterocycles. The van der Waals surface area contributed by atoms with Crippen molar-refractivity contribution >= 4 is 5.91 Å². The van der Waals surface area contributed by atoms with Crippen molar-refractivity contribution in [2.75, 3.05) is 39.4 Å². The molecule has 0 N–H and O–H groups in total. The molecule has 3 aliphatic rings. The zero-order valence-electron chi connectivity index (χ0n) is 14.1. The van der Waals surface area contributed by atoms with Crippen molar-refractivity contribution in [1.29, 1.82) is 0 Å². The van der Waals surface area contributed by atoms with Crippen LogP contribution in [0, 0.1) is 12.8 Å². The van der Waals surface area contributed by atoms with Gasteiger partial charge in [-0.2, -0.15) is 0 Å². The number of likely N-dealkylation sites (tertiary alicyclic amines) is 1. The van der Waals surface area contributed by atoms with Crippen LogP contribution in [0.4, 0.5) is 0 Å². The van der Waals surface area contributed by atoms with Gasteiger partial charge in [-0.15, -0.1) is 0 Å². The number of fused-ring (bicyclic) bond motifs is 1. The van der Waals surface area contributed by atoms with Gasteiger partial charge in [-0.05, 0) is 32.2 Å². The summed E-state index contributed by atoms with van der Waals surface area (Å²) < 4.78 is 16.6. The van der Waals surface area contributed by atoms with Gasteiger partial charge in [0.05, 0.1) is 25.0 Å². The standard InChI is InChI=1S/C17H25N3O4/c1-12-8-14(18-24-12)10-19-3-2-13-9-15(23-16(13)11-19)17(21)20-4-6-22-7-5-20/h8,13,15-16H,2-7,9-11H2,1H3/t13-,15+,16+/m0/s1. The van der Waals surface area contributed by atoms with Gasteiger partial charge in [0, 0.05) is 32.2 Å². The van der Waals surface area contributed by atoms with Gasteiger partial charge in [0.1, 0.15) is 11.9 Å². The van der Waals surface area contributed by atoms with Crippen molar-refractivity contribution in [2.45, 2.75) is 38.5 Å². The van der Waals surface area contributed by atoms with Crippen LogP contribution in [0.25, 0.3) is 0 Å². The molecule has 3 atom stereocenters. The Kier molecular flexibility index (Phi) is 4.56. The summed E-state index contributed by atoms with van der Waals surface area (Å²) in [6, 6.07) is 1.98. The molecular weight excluding hydrogens is 310 g/mol. The normalized spacial score (nSPS) is 31.2. The molecule has 3 aliphatic heterocycles. The number of aromatic nitrogens is 1. The Bertz CT molecular complexity index is 584. The van der Waals surface area contributed by atoms with Gasteiger partial charge in [0.2, 0.25) is 0 Å². The summed E-state index contributed by atoms with van der Waals surface area (Å²) in [5.74, 6) is 1.48. The monoisotopic (exact) mass is 335 g/mol. The number of hydrogen-bond donors (Lipinski definition) is 0. The fourth-order valence-corrected chi connectivity index (χ4v) is 4.01. The summed E-state index contributed by atoms with van der Waals surface area (Å²) in [6.07, 6.45) is 1.82. The van der Waals surface area contributed by atoms with Gasteiger partial charge in [-0.25, -0.2) is 0 Å². The molecule has 132 valence electrons. The van der Waals surface area contributed by atoms with Gasteiger partial charge in [-0.3, -0.25) is 9.69 Å². The lowest BCUT2D eigenvalue weighted by Gasteiger charge is -2.33. The summed E-state index contributed by atoms with van der Waals surface area (Å²) in [4.78, 5) is 16.9. The Morgan fingerprint density at radius 2 is 2.17 bits per heavy atom. The van der Waals surface area contributed by atoms with Crippen LogP contribution in [-0.4, -0.2) is 72.5 Å². The Balaban J connectivity index is 1.32. The average molecular weight is 335 g/mol. The predicted octanol–water partition coefficient (Wildman–Crippen LogP) is 0.821. The molecule has 0 spiro atoms. The zero-order valence-corrected chi connectivity index (χ0v) is 14.1. The summed E-state index contributed by atoms with van der Waals surface area (Å²) in [5, 5.41) is 4.07. The van der Waals surface area contributed by atoms with Crippen molar-refractivity contribution < 1.29 is 18.8 Å². The molecule has 0 aliphatic carbocycles. The van der Waals surface area contributed by atoms with E-state index >= 15 is 0 Å². The van der Waals surface area contributed by atoms with E-state index in [0.29, 0.717) is 32.2 Å². The number of morpholine rings is 1. The highest BCUT2D eigenvalue weighted by atomic mass is 16.5. The molecule has 0 saturated carbocycles. The summed E-state index contributed by atoms with van der Waals surface area (Å²) >= 11 is 0. The van der Waals surface area contributed by atoms with Crippen molar-refractivity contribution in [1.82, 2.24) is 15.0 Å². The van der Waals surface area contributed by atoms with Crippen molar-refractivity contribution in [3.8, 4) is 0 Å². The van der Waals surface area contributed by atoms with E-state index in [1.165, 1.54) is 0 Å². The van der Waals surface area contributed by atoms with E-state index in [2.05, 4.69) is 10.1 Å². The lowest BCUT2D eigenvalue weighted by Crippen LogP contribution is -2.46. The van der Waals surface area contributed by atoms with Crippen LogP contribution in [0.15, 0.2) is 10.6 Å². The van der Waals surface area contributed by atoms with Crippen LogP contribution in [0.2, 0.25) is 0 Å². The van der Waals surface area contributed by atoms with Crippen LogP contribution in [0.5, 0.6) is 0 Å². The minimum absolute atomic E-state index is 0.145. The first kappa shape index (κ1) is 16.1. The Hall–Kier alpha value is -1.44. The molecule has 0 bridgehead atoms. The van der Waals surface area contributed by atoms with Gasteiger partial charge in [0.25, 0.3) is 5.91 Å². The topological polar surface area (TPSA) is 68.0 Å². The SMILES string of the molecule is Cc1cc(CN2CC[C@H]3C[C@H](C(=O)N4CCOCC4)O[C@@H]3C2)no1. The largest absolute Gasteiger partial charge is 0.378 e. The minimum Gasteiger partial charge on any atom is -0.378 e. The molecule has 1 aromatic rings. The third-order valence-corrected chi connectivity index (χ3v) is 5.30. The second-order valence-electron chi connectivity index (χ2n) is 7.05. The highest BCUT2D eigenvalue weighted by molar-refractivity contribution is 5.81. The molecule has 4 rings (SSSR count). The quantitative estimate of drug-likeness (QED) is 0.815. The molecule has 0 aromatic carbocycles. The fraction of sp³-hybridized carbons (Fsp3) is 0.765. The van der Waals surface area contributed by atoms with Crippen LogP contribution in [0.1, 0.15) is 24.3 Å². The van der Waals surface area contributed by atoms with Crippen LogP contribution in [-0.2, 0) is 20.8 Å². The second kappa shape index (κ2) is 6.82. The van der Waals surface area contributed by atoms with Crippen molar-refractivity contribution in [3.63, 3.8) is 0 Å². The first-order valence-electron chi connectivity index (χ1n) is 8.85. The number of piperidine rings is 1. The Morgan fingerprint density at radius 3 is 2.92 bits per heavy atom. The molecule has 7 heteroatoms. The van der Waals surface area contributed by atoms with E-state index in [-0.39, 0.29) is 18.1 Å². The number of amides is 1. The Labute approximate surface area is 141 Å². The van der Waals surface area contributed by atoms with Gasteiger partial charge < -0.3 is 18.9 Å². The lowest BCUT2D eigenvalue weighted by atomic mass is 9.91. The first-order valence-corrected chi connectivity index (χ1v) is 8.85. The summed E-state index contributed by atoms with van der Waals surface area (Å²) in [5.41, 5.74) is 0.963. The van der Waals surface area contributed by atoms with Gasteiger partial charge in [0.15, 0.2) is 0 Å².